The first-order valence-electron chi connectivity index (χ1n) is 9.59. The lowest BCUT2D eigenvalue weighted by Gasteiger charge is -2.31. The number of rotatable bonds is 7. The van der Waals surface area contributed by atoms with E-state index < -0.39 is 0 Å². The van der Waals surface area contributed by atoms with Crippen molar-refractivity contribution in [2.45, 2.75) is 37.8 Å². The Labute approximate surface area is 168 Å². The predicted molar refractivity (Wildman–Crippen MR) is 108 cm³/mol. The molecule has 2 aliphatic heterocycles. The molecular weight excluding hydrogens is 410 g/mol. The van der Waals surface area contributed by atoms with E-state index in [4.69, 9.17) is 5.73 Å². The van der Waals surface area contributed by atoms with Gasteiger partial charge < -0.3 is 16.0 Å². The van der Waals surface area contributed by atoms with Crippen molar-refractivity contribution in [1.82, 2.24) is 21.1 Å². The van der Waals surface area contributed by atoms with E-state index in [-0.39, 0.29) is 29.8 Å². The lowest BCUT2D eigenvalue weighted by Crippen LogP contribution is -2.44. The highest BCUT2D eigenvalue weighted by Gasteiger charge is 2.30. The van der Waals surface area contributed by atoms with Crippen LogP contribution >= 0.6 is 15.9 Å². The van der Waals surface area contributed by atoms with Crippen LogP contribution in [0.25, 0.3) is 0 Å². The number of nitrogens with two attached hydrogens (primary N) is 1. The summed E-state index contributed by atoms with van der Waals surface area (Å²) < 4.78 is 1.04. The average Bonchev–Trinajstić information content (AvgIpc) is 3.16. The second-order valence-corrected chi connectivity index (χ2v) is 8.28. The number of primary amides is 1. The molecule has 0 bridgehead atoms. The van der Waals surface area contributed by atoms with Crippen molar-refractivity contribution in [3.8, 4) is 0 Å². The fourth-order valence-corrected chi connectivity index (χ4v) is 4.03. The second kappa shape index (κ2) is 9.64. The number of carbonyl (C=O) groups excluding carboxylic acids is 2. The van der Waals surface area contributed by atoms with E-state index in [1.165, 1.54) is 0 Å². The molecule has 5 N–H and O–H groups in total. The topological polar surface area (TPSA) is 99.5 Å². The van der Waals surface area contributed by atoms with Crippen LogP contribution in [0, 0.1) is 5.92 Å². The molecule has 2 amide bonds. The summed E-state index contributed by atoms with van der Waals surface area (Å²) in [4.78, 5) is 26.0. The zero-order chi connectivity index (χ0) is 19.2. The fourth-order valence-electron chi connectivity index (χ4n) is 3.77. The first-order valence-corrected chi connectivity index (χ1v) is 10.4. The molecule has 2 heterocycles. The molecule has 3 rings (SSSR count). The number of nitrogens with one attached hydrogen (secondary N) is 3. The summed E-state index contributed by atoms with van der Waals surface area (Å²) in [6.45, 7) is 3.26. The number of nitrogens with zero attached hydrogens (tertiary/aromatic N) is 1. The standard InChI is InChI=1S/C19H28BrN5O2/c20-15-6-4-13(5-7-15)16-11-17(24-23-16)19(27)22-8-2-10-25-9-1-3-14(12-25)18(21)26/h4-7,14,16-17,23-24H,1-3,8-12H2,(H2,21,26)(H,22,27). The molecule has 7 nitrogen and oxygen atoms in total. The van der Waals surface area contributed by atoms with Gasteiger partial charge in [0.2, 0.25) is 11.8 Å². The first kappa shape index (κ1) is 20.3. The van der Waals surface area contributed by atoms with Crippen molar-refractivity contribution in [2.24, 2.45) is 11.7 Å². The molecule has 27 heavy (non-hydrogen) atoms. The van der Waals surface area contributed by atoms with Crippen molar-refractivity contribution in [1.29, 1.82) is 0 Å². The summed E-state index contributed by atoms with van der Waals surface area (Å²) in [5.74, 6) is -0.207. The van der Waals surface area contributed by atoms with Crippen molar-refractivity contribution in [3.63, 3.8) is 0 Å². The molecule has 0 aliphatic carbocycles. The van der Waals surface area contributed by atoms with Gasteiger partial charge in [0, 0.05) is 23.6 Å². The average molecular weight is 438 g/mol. The van der Waals surface area contributed by atoms with Crippen LogP contribution in [0.4, 0.5) is 0 Å². The number of hydrogen-bond donors (Lipinski definition) is 4. The normalized spacial score (nSPS) is 26.0. The Morgan fingerprint density at radius 2 is 2.04 bits per heavy atom. The molecule has 0 saturated carbocycles. The quantitative estimate of drug-likeness (QED) is 0.478. The highest BCUT2D eigenvalue weighted by Crippen LogP contribution is 2.23. The minimum Gasteiger partial charge on any atom is -0.369 e. The Kier molecular flexibility index (Phi) is 7.23. The first-order chi connectivity index (χ1) is 13.0. The Hall–Kier alpha value is -1.48. The molecule has 3 atom stereocenters. The van der Waals surface area contributed by atoms with E-state index in [0.717, 1.165) is 55.4 Å². The van der Waals surface area contributed by atoms with Crippen LogP contribution in [0.15, 0.2) is 28.7 Å². The van der Waals surface area contributed by atoms with Gasteiger partial charge in [-0.1, -0.05) is 28.1 Å². The van der Waals surface area contributed by atoms with Gasteiger partial charge in [0.25, 0.3) is 0 Å². The van der Waals surface area contributed by atoms with Gasteiger partial charge in [-0.15, -0.1) is 0 Å². The lowest BCUT2D eigenvalue weighted by molar-refractivity contribution is -0.123. The molecule has 0 radical (unpaired) electrons. The smallest absolute Gasteiger partial charge is 0.238 e. The van der Waals surface area contributed by atoms with Crippen LogP contribution in [0.2, 0.25) is 0 Å². The summed E-state index contributed by atoms with van der Waals surface area (Å²) in [5, 5.41) is 3.01. The maximum Gasteiger partial charge on any atom is 0.238 e. The third-order valence-electron chi connectivity index (χ3n) is 5.35. The Bertz CT molecular complexity index is 654. The number of hydrazine groups is 1. The molecule has 1 aromatic rings. The van der Waals surface area contributed by atoms with Crippen LogP contribution in [0.3, 0.4) is 0 Å². The Balaban J connectivity index is 1.35. The van der Waals surface area contributed by atoms with E-state index in [0.29, 0.717) is 6.54 Å². The van der Waals surface area contributed by atoms with E-state index in [1.54, 1.807) is 0 Å². The van der Waals surface area contributed by atoms with Gasteiger partial charge in [-0.3, -0.25) is 9.59 Å². The summed E-state index contributed by atoms with van der Waals surface area (Å²) in [7, 11) is 0. The lowest BCUT2D eigenvalue weighted by atomic mass is 9.97. The van der Waals surface area contributed by atoms with E-state index >= 15 is 0 Å². The predicted octanol–water partition coefficient (Wildman–Crippen LogP) is 1.06. The minimum atomic E-state index is -0.229. The summed E-state index contributed by atoms with van der Waals surface area (Å²) in [6, 6.07) is 8.03. The molecule has 0 aromatic heterocycles. The summed E-state index contributed by atoms with van der Waals surface area (Å²) in [6.07, 6.45) is 3.49. The number of likely N-dealkylation sites (tertiary alicyclic amines) is 1. The van der Waals surface area contributed by atoms with Gasteiger partial charge in [0.05, 0.1) is 5.92 Å². The number of halogens is 1. The third-order valence-corrected chi connectivity index (χ3v) is 5.88. The van der Waals surface area contributed by atoms with Crippen LogP contribution in [-0.2, 0) is 9.59 Å². The zero-order valence-electron chi connectivity index (χ0n) is 15.4. The number of hydrogen-bond acceptors (Lipinski definition) is 5. The second-order valence-electron chi connectivity index (χ2n) is 7.37. The minimum absolute atomic E-state index is 0.0239. The Morgan fingerprint density at radius 3 is 2.78 bits per heavy atom. The van der Waals surface area contributed by atoms with Gasteiger partial charge in [-0.2, -0.15) is 0 Å². The van der Waals surface area contributed by atoms with Crippen molar-refractivity contribution in [3.05, 3.63) is 34.3 Å². The largest absolute Gasteiger partial charge is 0.369 e. The summed E-state index contributed by atoms with van der Waals surface area (Å²) >= 11 is 3.44. The molecule has 1 aromatic carbocycles. The molecule has 148 valence electrons. The van der Waals surface area contributed by atoms with Gasteiger partial charge in [-0.25, -0.2) is 10.9 Å². The molecule has 0 spiro atoms. The highest BCUT2D eigenvalue weighted by molar-refractivity contribution is 9.10. The molecule has 2 aliphatic rings. The van der Waals surface area contributed by atoms with Gasteiger partial charge in [-0.05, 0) is 56.5 Å². The van der Waals surface area contributed by atoms with Crippen molar-refractivity contribution < 1.29 is 9.59 Å². The number of amides is 2. The van der Waals surface area contributed by atoms with Gasteiger partial charge in [0.15, 0.2) is 0 Å². The molecule has 2 saturated heterocycles. The number of piperidine rings is 1. The SMILES string of the molecule is NC(=O)C1CCCN(CCCNC(=O)C2CC(c3ccc(Br)cc3)NN2)C1. The van der Waals surface area contributed by atoms with Crippen molar-refractivity contribution >= 4 is 27.7 Å². The van der Waals surface area contributed by atoms with Crippen molar-refractivity contribution in [2.75, 3.05) is 26.2 Å². The molecule has 3 unspecified atom stereocenters. The van der Waals surface area contributed by atoms with Gasteiger partial charge >= 0.3 is 0 Å². The zero-order valence-corrected chi connectivity index (χ0v) is 17.0. The van der Waals surface area contributed by atoms with Crippen LogP contribution in [0.1, 0.15) is 37.3 Å². The maximum atomic E-state index is 12.4. The summed E-state index contributed by atoms with van der Waals surface area (Å²) in [5.41, 5.74) is 12.9. The highest BCUT2D eigenvalue weighted by atomic mass is 79.9. The van der Waals surface area contributed by atoms with Gasteiger partial charge in [0.1, 0.15) is 6.04 Å². The maximum absolute atomic E-state index is 12.4. The number of carbonyl (C=O) groups is 2. The van der Waals surface area contributed by atoms with Crippen LogP contribution in [0.5, 0.6) is 0 Å². The Morgan fingerprint density at radius 1 is 1.26 bits per heavy atom. The van der Waals surface area contributed by atoms with E-state index in [1.807, 2.05) is 12.1 Å². The van der Waals surface area contributed by atoms with E-state index in [9.17, 15) is 9.59 Å². The third kappa shape index (κ3) is 5.75. The molecule has 2 fully saturated rings. The van der Waals surface area contributed by atoms with E-state index in [2.05, 4.69) is 49.1 Å². The molecule has 8 heteroatoms. The number of benzene rings is 1. The van der Waals surface area contributed by atoms with Crippen LogP contribution < -0.4 is 21.9 Å². The fraction of sp³-hybridized carbons (Fsp3) is 0.579. The monoisotopic (exact) mass is 437 g/mol. The molecular formula is C19H28BrN5O2. The van der Waals surface area contributed by atoms with Crippen LogP contribution in [-0.4, -0.2) is 48.9 Å².